The second-order valence-corrected chi connectivity index (χ2v) is 7.37. The van der Waals surface area contributed by atoms with Crippen LogP contribution in [0.1, 0.15) is 38.2 Å². The van der Waals surface area contributed by atoms with Crippen LogP contribution in [0.25, 0.3) is 0 Å². The predicted octanol–water partition coefficient (Wildman–Crippen LogP) is 4.91. The molecule has 0 aliphatic carbocycles. The minimum atomic E-state index is -0.185. The molecule has 1 atom stereocenters. The number of piperidine rings is 1. The topological polar surface area (TPSA) is 61.4 Å². The number of hydrogen-bond acceptors (Lipinski definition) is 2. The Bertz CT molecular complexity index is 774. The number of nitrogens with one attached hydrogen (secondary N) is 2. The standard InChI is InChI=1S/C23H29N3O2/c1-2-3-8-18-12-14-21(15-13-18)24-22(27)19-9-7-16-26(17-19)23(28)25-20-10-5-4-6-11-20/h4-6,10-15,19H,2-3,7-9,16-17H2,1H3,(H,24,27)(H,25,28)/t19-/m0/s1. The smallest absolute Gasteiger partial charge is 0.321 e. The average molecular weight is 380 g/mol. The van der Waals surface area contributed by atoms with Gasteiger partial charge in [0, 0.05) is 24.5 Å². The second kappa shape index (κ2) is 9.93. The number of para-hydroxylation sites is 1. The fourth-order valence-electron chi connectivity index (χ4n) is 3.48. The number of carbonyl (C=O) groups excluding carboxylic acids is 2. The summed E-state index contributed by atoms with van der Waals surface area (Å²) in [7, 11) is 0. The molecule has 2 aromatic rings. The molecule has 0 unspecified atom stereocenters. The van der Waals surface area contributed by atoms with E-state index in [1.807, 2.05) is 42.5 Å². The molecule has 0 aromatic heterocycles. The van der Waals surface area contributed by atoms with Crippen molar-refractivity contribution in [3.05, 3.63) is 60.2 Å². The number of unbranched alkanes of at least 4 members (excludes halogenated alkanes) is 1. The molecule has 0 saturated carbocycles. The van der Waals surface area contributed by atoms with Crippen LogP contribution in [-0.4, -0.2) is 29.9 Å². The van der Waals surface area contributed by atoms with Crippen molar-refractivity contribution in [2.45, 2.75) is 39.0 Å². The van der Waals surface area contributed by atoms with E-state index in [1.54, 1.807) is 4.90 Å². The molecule has 1 fully saturated rings. The van der Waals surface area contributed by atoms with Crippen molar-refractivity contribution < 1.29 is 9.59 Å². The summed E-state index contributed by atoms with van der Waals surface area (Å²) in [6.07, 6.45) is 5.05. The number of hydrogen-bond donors (Lipinski definition) is 2. The van der Waals surface area contributed by atoms with Crippen LogP contribution in [0.2, 0.25) is 0 Å². The first-order chi connectivity index (χ1) is 13.7. The first kappa shape index (κ1) is 19.9. The molecule has 3 amide bonds. The van der Waals surface area contributed by atoms with Crippen LogP contribution >= 0.6 is 0 Å². The van der Waals surface area contributed by atoms with Crippen molar-refractivity contribution in [3.63, 3.8) is 0 Å². The average Bonchev–Trinajstić information content (AvgIpc) is 2.74. The van der Waals surface area contributed by atoms with Crippen molar-refractivity contribution in [2.24, 2.45) is 5.92 Å². The first-order valence-corrected chi connectivity index (χ1v) is 10.2. The van der Waals surface area contributed by atoms with Crippen LogP contribution in [-0.2, 0) is 11.2 Å². The number of nitrogens with zero attached hydrogens (tertiary/aromatic N) is 1. The van der Waals surface area contributed by atoms with Gasteiger partial charge in [-0.05, 0) is 55.5 Å². The zero-order valence-corrected chi connectivity index (χ0v) is 16.5. The van der Waals surface area contributed by atoms with Crippen molar-refractivity contribution in [1.82, 2.24) is 4.90 Å². The number of rotatable bonds is 6. The van der Waals surface area contributed by atoms with E-state index in [0.29, 0.717) is 13.1 Å². The van der Waals surface area contributed by atoms with Gasteiger partial charge in [-0.25, -0.2) is 4.79 Å². The van der Waals surface area contributed by atoms with E-state index in [4.69, 9.17) is 0 Å². The Hall–Kier alpha value is -2.82. The summed E-state index contributed by atoms with van der Waals surface area (Å²) in [5.74, 6) is -0.200. The highest BCUT2D eigenvalue weighted by Crippen LogP contribution is 2.20. The van der Waals surface area contributed by atoms with Gasteiger partial charge in [0.25, 0.3) is 0 Å². The maximum atomic E-state index is 12.7. The molecular formula is C23H29N3O2. The molecule has 1 aliphatic rings. The summed E-state index contributed by atoms with van der Waals surface area (Å²) < 4.78 is 0. The van der Waals surface area contributed by atoms with E-state index < -0.39 is 0 Å². The number of benzene rings is 2. The largest absolute Gasteiger partial charge is 0.326 e. The number of urea groups is 1. The maximum Gasteiger partial charge on any atom is 0.321 e. The second-order valence-electron chi connectivity index (χ2n) is 7.37. The normalized spacial score (nSPS) is 16.5. The van der Waals surface area contributed by atoms with E-state index in [0.717, 1.165) is 30.6 Å². The third-order valence-electron chi connectivity index (χ3n) is 5.14. The maximum absolute atomic E-state index is 12.7. The van der Waals surface area contributed by atoms with E-state index in [9.17, 15) is 9.59 Å². The highest BCUT2D eigenvalue weighted by molar-refractivity contribution is 5.94. The van der Waals surface area contributed by atoms with Gasteiger partial charge in [-0.2, -0.15) is 0 Å². The summed E-state index contributed by atoms with van der Waals surface area (Å²) in [6, 6.07) is 17.3. The lowest BCUT2D eigenvalue weighted by Crippen LogP contribution is -2.45. The van der Waals surface area contributed by atoms with Crippen molar-refractivity contribution in [2.75, 3.05) is 23.7 Å². The molecule has 5 heteroatoms. The van der Waals surface area contributed by atoms with E-state index in [2.05, 4.69) is 29.7 Å². The lowest BCUT2D eigenvalue weighted by atomic mass is 9.97. The molecule has 1 aliphatic heterocycles. The molecule has 5 nitrogen and oxygen atoms in total. The van der Waals surface area contributed by atoms with Gasteiger partial charge in [0.1, 0.15) is 0 Å². The summed E-state index contributed by atoms with van der Waals surface area (Å²) in [6.45, 7) is 3.30. The van der Waals surface area contributed by atoms with Crippen molar-refractivity contribution in [3.8, 4) is 0 Å². The van der Waals surface area contributed by atoms with Crippen LogP contribution < -0.4 is 10.6 Å². The Balaban J connectivity index is 1.53. The SMILES string of the molecule is CCCCc1ccc(NC(=O)[C@H]2CCCN(C(=O)Nc3ccccc3)C2)cc1. The Morgan fingerprint density at radius 1 is 1.00 bits per heavy atom. The zero-order valence-electron chi connectivity index (χ0n) is 16.5. The first-order valence-electron chi connectivity index (χ1n) is 10.2. The Labute approximate surface area is 167 Å². The number of likely N-dealkylation sites (tertiary alicyclic amines) is 1. The predicted molar refractivity (Wildman–Crippen MR) is 113 cm³/mol. The van der Waals surface area contributed by atoms with Crippen LogP contribution in [0, 0.1) is 5.92 Å². The van der Waals surface area contributed by atoms with Crippen molar-refractivity contribution in [1.29, 1.82) is 0 Å². The third kappa shape index (κ3) is 5.59. The van der Waals surface area contributed by atoms with E-state index in [1.165, 1.54) is 18.4 Å². The quantitative estimate of drug-likeness (QED) is 0.749. The number of anilines is 2. The molecule has 3 rings (SSSR count). The van der Waals surface area contributed by atoms with Crippen LogP contribution in [0.15, 0.2) is 54.6 Å². The molecule has 1 saturated heterocycles. The summed E-state index contributed by atoms with van der Waals surface area (Å²) in [5, 5.41) is 5.91. The monoisotopic (exact) mass is 379 g/mol. The van der Waals surface area contributed by atoms with Gasteiger partial charge >= 0.3 is 6.03 Å². The lowest BCUT2D eigenvalue weighted by molar-refractivity contribution is -0.121. The molecular weight excluding hydrogens is 350 g/mol. The summed E-state index contributed by atoms with van der Waals surface area (Å²) >= 11 is 0. The van der Waals surface area contributed by atoms with Gasteiger partial charge in [0.2, 0.25) is 5.91 Å². The molecule has 2 N–H and O–H groups in total. The Morgan fingerprint density at radius 2 is 1.71 bits per heavy atom. The molecule has 0 bridgehead atoms. The molecule has 28 heavy (non-hydrogen) atoms. The highest BCUT2D eigenvalue weighted by Gasteiger charge is 2.28. The fourth-order valence-corrected chi connectivity index (χ4v) is 3.48. The molecule has 0 spiro atoms. The molecule has 0 radical (unpaired) electrons. The molecule has 2 aromatic carbocycles. The highest BCUT2D eigenvalue weighted by atomic mass is 16.2. The zero-order chi connectivity index (χ0) is 19.8. The van der Waals surface area contributed by atoms with Crippen LogP contribution in [0.5, 0.6) is 0 Å². The minimum Gasteiger partial charge on any atom is -0.326 e. The van der Waals surface area contributed by atoms with Gasteiger partial charge in [-0.15, -0.1) is 0 Å². The number of aryl methyl sites for hydroxylation is 1. The minimum absolute atomic E-state index is 0.0153. The fraction of sp³-hybridized carbons (Fsp3) is 0.391. The Kier molecular flexibility index (Phi) is 7.06. The van der Waals surface area contributed by atoms with Gasteiger partial charge in [0.05, 0.1) is 5.92 Å². The number of amides is 3. The van der Waals surface area contributed by atoms with Crippen LogP contribution in [0.3, 0.4) is 0 Å². The summed E-state index contributed by atoms with van der Waals surface area (Å²) in [5.41, 5.74) is 2.87. The molecule has 1 heterocycles. The Morgan fingerprint density at radius 3 is 2.43 bits per heavy atom. The number of carbonyl (C=O) groups is 2. The van der Waals surface area contributed by atoms with E-state index >= 15 is 0 Å². The van der Waals surface area contributed by atoms with Gasteiger partial charge in [-0.3, -0.25) is 4.79 Å². The summed E-state index contributed by atoms with van der Waals surface area (Å²) in [4.78, 5) is 26.9. The molecule has 148 valence electrons. The van der Waals surface area contributed by atoms with Gasteiger partial charge < -0.3 is 15.5 Å². The van der Waals surface area contributed by atoms with Crippen LogP contribution in [0.4, 0.5) is 16.2 Å². The lowest BCUT2D eigenvalue weighted by Gasteiger charge is -2.32. The van der Waals surface area contributed by atoms with E-state index in [-0.39, 0.29) is 17.9 Å². The third-order valence-corrected chi connectivity index (χ3v) is 5.14. The van der Waals surface area contributed by atoms with Gasteiger partial charge in [-0.1, -0.05) is 43.7 Å². The van der Waals surface area contributed by atoms with Crippen molar-refractivity contribution >= 4 is 23.3 Å². The van der Waals surface area contributed by atoms with Gasteiger partial charge in [0.15, 0.2) is 0 Å².